The maximum atomic E-state index is 13.6. The first-order valence-electron chi connectivity index (χ1n) is 11.3. The number of benzene rings is 2. The van der Waals surface area contributed by atoms with E-state index >= 15 is 0 Å². The van der Waals surface area contributed by atoms with Crippen molar-refractivity contribution in [3.8, 4) is 0 Å². The molecule has 0 radical (unpaired) electrons. The highest BCUT2D eigenvalue weighted by Gasteiger charge is 2.55. The Morgan fingerprint density at radius 2 is 1.83 bits per heavy atom. The van der Waals surface area contributed by atoms with E-state index in [0.717, 1.165) is 53.2 Å². The number of carbonyl (C=O) groups is 1. The number of sulfonamides is 1. The number of nitrogens with zero attached hydrogens (tertiary/aromatic N) is 1. The number of halogens is 5. The van der Waals surface area contributed by atoms with Crippen LogP contribution in [0.4, 0.5) is 27.6 Å². The lowest BCUT2D eigenvalue weighted by Gasteiger charge is -2.38. The van der Waals surface area contributed by atoms with Crippen LogP contribution in [0.15, 0.2) is 47.4 Å². The largest absolute Gasteiger partial charge is 0.466 e. The molecule has 2 atom stereocenters. The van der Waals surface area contributed by atoms with Crippen LogP contribution in [0.5, 0.6) is 0 Å². The van der Waals surface area contributed by atoms with Gasteiger partial charge in [-0.3, -0.25) is 9.10 Å². The lowest BCUT2D eigenvalue weighted by molar-refractivity contribution is -0.271. The second-order valence-corrected chi connectivity index (χ2v) is 10.4. The number of alkyl halides is 4. The van der Waals surface area contributed by atoms with Gasteiger partial charge in [0.2, 0.25) is 5.60 Å². The molecule has 36 heavy (non-hydrogen) atoms. The highest BCUT2D eigenvalue weighted by molar-refractivity contribution is 7.92. The predicted molar refractivity (Wildman–Crippen MR) is 121 cm³/mol. The van der Waals surface area contributed by atoms with E-state index in [1.165, 1.54) is 0 Å². The van der Waals surface area contributed by atoms with Crippen molar-refractivity contribution in [1.29, 1.82) is 0 Å². The van der Waals surface area contributed by atoms with Crippen molar-refractivity contribution >= 4 is 21.7 Å². The molecule has 0 saturated heterocycles. The van der Waals surface area contributed by atoms with Crippen LogP contribution >= 0.6 is 0 Å². The first kappa shape index (κ1) is 27.9. The predicted octanol–water partition coefficient (Wildman–Crippen LogP) is 4.79. The first-order valence-corrected chi connectivity index (χ1v) is 12.7. The van der Waals surface area contributed by atoms with Crippen molar-refractivity contribution in [3.63, 3.8) is 0 Å². The maximum Gasteiger partial charge on any atom is 0.424 e. The minimum Gasteiger partial charge on any atom is -0.466 e. The smallest absolute Gasteiger partial charge is 0.424 e. The van der Waals surface area contributed by atoms with E-state index in [-0.39, 0.29) is 42.0 Å². The summed E-state index contributed by atoms with van der Waals surface area (Å²) in [6.45, 7) is -0.0645. The van der Waals surface area contributed by atoms with Gasteiger partial charge in [0.15, 0.2) is 0 Å². The van der Waals surface area contributed by atoms with Crippen molar-refractivity contribution in [1.82, 2.24) is 0 Å². The SMILES string of the molecule is CCCCOC(=O)C[C@@H]1CCc2cc(C(O)(CF)C(F)(F)F)ccc2N1S(=O)(=O)c1ccc(F)cc1. The summed E-state index contributed by atoms with van der Waals surface area (Å²) in [6.07, 6.45) is -4.12. The Bertz CT molecular complexity index is 1190. The highest BCUT2D eigenvalue weighted by Crippen LogP contribution is 2.43. The standard InChI is InChI=1S/C24H26F5NO5S/c1-2-3-12-35-22(31)14-19-8-4-16-13-17(23(32,15-25)24(27,28)29)5-11-21(16)30(19)36(33,34)20-9-6-18(26)7-10-20/h5-7,9-11,13,19,32H,2-4,8,12,14-15H2,1H3/t19-,23?/m0/s1. The van der Waals surface area contributed by atoms with Crippen molar-refractivity contribution in [2.45, 2.75) is 61.7 Å². The monoisotopic (exact) mass is 535 g/mol. The zero-order valence-electron chi connectivity index (χ0n) is 19.4. The fraction of sp³-hybridized carbons (Fsp3) is 0.458. The van der Waals surface area contributed by atoms with Gasteiger partial charge in [-0.15, -0.1) is 0 Å². The van der Waals surface area contributed by atoms with Crippen LogP contribution in [0.1, 0.15) is 43.7 Å². The van der Waals surface area contributed by atoms with Crippen molar-refractivity contribution < 1.29 is 45.0 Å². The Kier molecular flexibility index (Phi) is 8.29. The summed E-state index contributed by atoms with van der Waals surface area (Å²) in [5.41, 5.74) is -4.44. The summed E-state index contributed by atoms with van der Waals surface area (Å²) >= 11 is 0. The summed E-state index contributed by atoms with van der Waals surface area (Å²) in [5.74, 6) is -1.32. The van der Waals surface area contributed by atoms with Crippen LogP contribution in [-0.4, -0.2) is 45.0 Å². The van der Waals surface area contributed by atoms with E-state index in [0.29, 0.717) is 6.42 Å². The molecular weight excluding hydrogens is 509 g/mol. The molecule has 1 aliphatic rings. The Labute approximate surface area is 205 Å². The summed E-state index contributed by atoms with van der Waals surface area (Å²) in [7, 11) is -4.39. The zero-order chi connectivity index (χ0) is 26.7. The molecule has 0 bridgehead atoms. The third-order valence-electron chi connectivity index (χ3n) is 6.07. The molecule has 2 aromatic carbocycles. The number of aliphatic hydroxyl groups is 1. The van der Waals surface area contributed by atoms with Gasteiger partial charge in [-0.1, -0.05) is 25.5 Å². The van der Waals surface area contributed by atoms with Gasteiger partial charge in [0.05, 0.1) is 29.7 Å². The molecule has 0 amide bonds. The van der Waals surface area contributed by atoms with Gasteiger partial charge in [-0.2, -0.15) is 13.2 Å². The quantitative estimate of drug-likeness (QED) is 0.284. The molecule has 1 N–H and O–H groups in total. The first-order chi connectivity index (χ1) is 16.8. The van der Waals surface area contributed by atoms with Gasteiger partial charge >= 0.3 is 12.1 Å². The highest BCUT2D eigenvalue weighted by atomic mass is 32.2. The number of unbranched alkanes of at least 4 members (excludes halogenated alkanes) is 1. The van der Waals surface area contributed by atoms with Crippen LogP contribution in [-0.2, 0) is 31.6 Å². The summed E-state index contributed by atoms with van der Waals surface area (Å²) in [4.78, 5) is 12.1. The number of hydrogen-bond acceptors (Lipinski definition) is 5. The molecular formula is C24H26F5NO5S. The summed E-state index contributed by atoms with van der Waals surface area (Å²) < 4.78 is 100. The normalized spacial score (nSPS) is 17.9. The molecule has 0 aliphatic carbocycles. The van der Waals surface area contributed by atoms with Crippen LogP contribution in [0.3, 0.4) is 0 Å². The van der Waals surface area contributed by atoms with Gasteiger partial charge < -0.3 is 9.84 Å². The van der Waals surface area contributed by atoms with Gasteiger partial charge in [0.25, 0.3) is 10.0 Å². The van der Waals surface area contributed by atoms with E-state index in [1.807, 2.05) is 6.92 Å². The van der Waals surface area contributed by atoms with Crippen LogP contribution in [0, 0.1) is 5.82 Å². The van der Waals surface area contributed by atoms with E-state index in [4.69, 9.17) is 4.74 Å². The zero-order valence-corrected chi connectivity index (χ0v) is 20.2. The molecule has 0 aromatic heterocycles. The molecule has 0 spiro atoms. The topological polar surface area (TPSA) is 83.9 Å². The summed E-state index contributed by atoms with van der Waals surface area (Å²) in [5, 5.41) is 10.0. The van der Waals surface area contributed by atoms with Crippen LogP contribution < -0.4 is 4.31 Å². The number of aryl methyl sites for hydroxylation is 1. The molecule has 3 rings (SSSR count). The number of anilines is 1. The Balaban J connectivity index is 2.07. The summed E-state index contributed by atoms with van der Waals surface area (Å²) in [6, 6.07) is 5.80. The Hall–Kier alpha value is -2.73. The average molecular weight is 536 g/mol. The molecule has 0 saturated carbocycles. The lowest BCUT2D eigenvalue weighted by Crippen LogP contribution is -2.46. The molecule has 12 heteroatoms. The number of esters is 1. The molecule has 1 heterocycles. The van der Waals surface area contributed by atoms with Gasteiger partial charge in [-0.05, 0) is 60.7 Å². The average Bonchev–Trinajstić information content (AvgIpc) is 2.82. The van der Waals surface area contributed by atoms with Gasteiger partial charge in [0.1, 0.15) is 12.5 Å². The molecule has 198 valence electrons. The van der Waals surface area contributed by atoms with Crippen LogP contribution in [0.25, 0.3) is 0 Å². The van der Waals surface area contributed by atoms with Crippen molar-refractivity contribution in [2.24, 2.45) is 0 Å². The second-order valence-electron chi connectivity index (χ2n) is 8.56. The van der Waals surface area contributed by atoms with Gasteiger partial charge in [0, 0.05) is 0 Å². The Morgan fingerprint density at radius 3 is 2.42 bits per heavy atom. The molecule has 6 nitrogen and oxygen atoms in total. The number of rotatable bonds is 9. The maximum absolute atomic E-state index is 13.6. The molecule has 1 unspecified atom stereocenters. The van der Waals surface area contributed by atoms with Gasteiger partial charge in [-0.25, -0.2) is 17.2 Å². The number of ether oxygens (including phenoxy) is 1. The number of fused-ring (bicyclic) bond motifs is 1. The lowest BCUT2D eigenvalue weighted by atomic mass is 9.88. The molecule has 0 fully saturated rings. The third kappa shape index (κ3) is 5.49. The van der Waals surface area contributed by atoms with Crippen molar-refractivity contribution in [3.05, 3.63) is 59.4 Å². The molecule has 2 aromatic rings. The van der Waals surface area contributed by atoms with E-state index in [2.05, 4.69) is 0 Å². The fourth-order valence-electron chi connectivity index (χ4n) is 4.02. The van der Waals surface area contributed by atoms with E-state index in [1.54, 1.807) is 0 Å². The van der Waals surface area contributed by atoms with Crippen LogP contribution in [0.2, 0.25) is 0 Å². The number of carbonyl (C=O) groups excluding carboxylic acids is 1. The third-order valence-corrected chi connectivity index (χ3v) is 7.95. The minimum absolute atomic E-state index is 0.0240. The number of hydrogen-bond donors (Lipinski definition) is 1. The van der Waals surface area contributed by atoms with E-state index < -0.39 is 51.9 Å². The van der Waals surface area contributed by atoms with E-state index in [9.17, 15) is 40.3 Å². The van der Waals surface area contributed by atoms with Crippen molar-refractivity contribution in [2.75, 3.05) is 17.6 Å². The molecule has 1 aliphatic heterocycles. The fourth-order valence-corrected chi connectivity index (χ4v) is 5.74. The minimum atomic E-state index is -5.31. The second kappa shape index (κ2) is 10.7. The Morgan fingerprint density at radius 1 is 1.17 bits per heavy atom.